The number of amides is 1. The van der Waals surface area contributed by atoms with Crippen molar-refractivity contribution in [1.29, 1.82) is 0 Å². The molecule has 3 nitrogen and oxygen atoms in total. The molecular formula is C14H22N2O. The molecule has 0 saturated carbocycles. The summed E-state index contributed by atoms with van der Waals surface area (Å²) in [5.41, 5.74) is 0. The van der Waals surface area contributed by atoms with E-state index in [4.69, 9.17) is 0 Å². The first-order valence-electron chi connectivity index (χ1n) is 6.93. The molecule has 3 aliphatic heterocycles. The van der Waals surface area contributed by atoms with Crippen LogP contribution in [0.1, 0.15) is 32.1 Å². The first-order valence-corrected chi connectivity index (χ1v) is 6.93. The van der Waals surface area contributed by atoms with Gasteiger partial charge in [0.15, 0.2) is 0 Å². The van der Waals surface area contributed by atoms with E-state index < -0.39 is 0 Å². The van der Waals surface area contributed by atoms with Crippen molar-refractivity contribution < 1.29 is 4.79 Å². The van der Waals surface area contributed by atoms with Crippen LogP contribution in [0.2, 0.25) is 0 Å². The maximum absolute atomic E-state index is 12.0. The first kappa shape index (κ1) is 11.3. The Balaban J connectivity index is 1.77. The smallest absolute Gasteiger partial charge is 0.222 e. The standard InChI is InChI=1S/C14H22N2O/c1-2-4-12-11-7-10(8-15-12)13-5-3-6-14(17)16(13)9-11/h2,10-13,15H,1,3-9H2/t10-,11-,12-,13-/m1/s1. The molecule has 3 saturated heterocycles. The van der Waals surface area contributed by atoms with E-state index in [-0.39, 0.29) is 0 Å². The van der Waals surface area contributed by atoms with Crippen LogP contribution in [0.5, 0.6) is 0 Å². The predicted molar refractivity (Wildman–Crippen MR) is 67.6 cm³/mol. The number of rotatable bonds is 2. The molecule has 3 heterocycles. The van der Waals surface area contributed by atoms with E-state index in [0.29, 0.717) is 29.8 Å². The molecular weight excluding hydrogens is 212 g/mol. The Labute approximate surface area is 103 Å². The SMILES string of the molecule is C=CC[C@H]1NC[C@H]2C[C@@H]1CN1C(=O)CCC[C@H]21. The Bertz CT molecular complexity index is 328. The van der Waals surface area contributed by atoms with Gasteiger partial charge >= 0.3 is 0 Å². The summed E-state index contributed by atoms with van der Waals surface area (Å²) in [5.74, 6) is 1.74. The second-order valence-electron chi connectivity index (χ2n) is 5.80. The van der Waals surface area contributed by atoms with Crippen molar-refractivity contribution in [2.45, 2.75) is 44.2 Å². The zero-order valence-electron chi connectivity index (χ0n) is 10.4. The summed E-state index contributed by atoms with van der Waals surface area (Å²) in [6, 6.07) is 1.07. The van der Waals surface area contributed by atoms with Gasteiger partial charge in [0.25, 0.3) is 0 Å². The average Bonchev–Trinajstić information content (AvgIpc) is 2.34. The van der Waals surface area contributed by atoms with Crippen LogP contribution in [0.25, 0.3) is 0 Å². The van der Waals surface area contributed by atoms with E-state index in [2.05, 4.69) is 16.8 Å². The highest BCUT2D eigenvalue weighted by atomic mass is 16.2. The van der Waals surface area contributed by atoms with E-state index in [0.717, 1.165) is 32.4 Å². The third-order valence-electron chi connectivity index (χ3n) is 4.82. The quantitative estimate of drug-likeness (QED) is 0.735. The number of fused-ring (bicyclic) bond motifs is 4. The van der Waals surface area contributed by atoms with Gasteiger partial charge in [-0.05, 0) is 37.5 Å². The van der Waals surface area contributed by atoms with E-state index >= 15 is 0 Å². The highest BCUT2D eigenvalue weighted by Crippen LogP contribution is 2.38. The molecule has 3 fully saturated rings. The van der Waals surface area contributed by atoms with Gasteiger partial charge in [-0.1, -0.05) is 6.08 Å². The minimum Gasteiger partial charge on any atom is -0.339 e. The minimum absolute atomic E-state index is 0.398. The molecule has 1 N–H and O–H groups in total. The normalized spacial score (nSPS) is 40.9. The molecule has 0 aliphatic carbocycles. The van der Waals surface area contributed by atoms with Gasteiger partial charge < -0.3 is 10.2 Å². The average molecular weight is 234 g/mol. The molecule has 0 spiro atoms. The monoisotopic (exact) mass is 234 g/mol. The molecule has 0 radical (unpaired) electrons. The van der Waals surface area contributed by atoms with Crippen LogP contribution in [-0.4, -0.2) is 36.0 Å². The molecule has 0 aromatic rings. The lowest BCUT2D eigenvalue weighted by Gasteiger charge is -2.52. The largest absolute Gasteiger partial charge is 0.339 e. The van der Waals surface area contributed by atoms with Gasteiger partial charge in [-0.2, -0.15) is 0 Å². The Morgan fingerprint density at radius 2 is 2.35 bits per heavy atom. The molecule has 2 bridgehead atoms. The van der Waals surface area contributed by atoms with Crippen LogP contribution in [0.3, 0.4) is 0 Å². The van der Waals surface area contributed by atoms with E-state index in [1.807, 2.05) is 6.08 Å². The lowest BCUT2D eigenvalue weighted by Crippen LogP contribution is -2.62. The number of piperidine rings is 3. The van der Waals surface area contributed by atoms with Gasteiger partial charge in [0.1, 0.15) is 0 Å². The summed E-state index contributed by atoms with van der Waals surface area (Å²) in [6.45, 7) is 5.90. The van der Waals surface area contributed by atoms with Crippen molar-refractivity contribution in [3.8, 4) is 0 Å². The topological polar surface area (TPSA) is 32.3 Å². The number of nitrogens with zero attached hydrogens (tertiary/aromatic N) is 1. The third kappa shape index (κ3) is 1.90. The van der Waals surface area contributed by atoms with Gasteiger partial charge in [-0.25, -0.2) is 0 Å². The predicted octanol–water partition coefficient (Wildman–Crippen LogP) is 1.55. The van der Waals surface area contributed by atoms with Gasteiger partial charge in [-0.15, -0.1) is 6.58 Å². The Morgan fingerprint density at radius 3 is 3.18 bits per heavy atom. The lowest BCUT2D eigenvalue weighted by atomic mass is 9.73. The molecule has 3 heteroatoms. The number of nitrogens with one attached hydrogen (secondary N) is 1. The summed E-state index contributed by atoms with van der Waals surface area (Å²) in [7, 11) is 0. The molecule has 0 aromatic heterocycles. The maximum Gasteiger partial charge on any atom is 0.222 e. The van der Waals surface area contributed by atoms with Crippen molar-refractivity contribution in [3.63, 3.8) is 0 Å². The molecule has 3 rings (SSSR count). The highest BCUT2D eigenvalue weighted by molar-refractivity contribution is 5.77. The van der Waals surface area contributed by atoms with E-state index in [1.165, 1.54) is 12.8 Å². The van der Waals surface area contributed by atoms with Gasteiger partial charge in [0.2, 0.25) is 5.91 Å². The Morgan fingerprint density at radius 1 is 1.47 bits per heavy atom. The second kappa shape index (κ2) is 4.45. The minimum atomic E-state index is 0.398. The zero-order chi connectivity index (χ0) is 11.8. The van der Waals surface area contributed by atoms with Crippen LogP contribution < -0.4 is 5.32 Å². The van der Waals surface area contributed by atoms with Gasteiger partial charge in [0, 0.05) is 31.6 Å². The summed E-state index contributed by atoms with van der Waals surface area (Å²) >= 11 is 0. The first-order chi connectivity index (χ1) is 8.29. The summed E-state index contributed by atoms with van der Waals surface area (Å²) < 4.78 is 0. The highest BCUT2D eigenvalue weighted by Gasteiger charge is 2.44. The van der Waals surface area contributed by atoms with Crippen LogP contribution in [0, 0.1) is 11.8 Å². The van der Waals surface area contributed by atoms with Crippen LogP contribution >= 0.6 is 0 Å². The molecule has 1 amide bonds. The maximum atomic E-state index is 12.0. The van der Waals surface area contributed by atoms with Gasteiger partial charge in [-0.3, -0.25) is 4.79 Å². The second-order valence-corrected chi connectivity index (χ2v) is 5.80. The van der Waals surface area contributed by atoms with Crippen LogP contribution in [0.4, 0.5) is 0 Å². The van der Waals surface area contributed by atoms with Crippen molar-refractivity contribution in [2.75, 3.05) is 13.1 Å². The summed E-state index contributed by atoms with van der Waals surface area (Å²) in [5, 5.41) is 3.66. The fourth-order valence-electron chi connectivity index (χ4n) is 3.98. The van der Waals surface area contributed by atoms with Crippen molar-refractivity contribution in [3.05, 3.63) is 12.7 Å². The number of carbonyl (C=O) groups excluding carboxylic acids is 1. The molecule has 0 unspecified atom stereocenters. The fraction of sp³-hybridized carbons (Fsp3) is 0.786. The molecule has 4 atom stereocenters. The summed E-state index contributed by atoms with van der Waals surface area (Å²) in [6.07, 6.45) is 7.43. The number of hydrogen-bond donors (Lipinski definition) is 1. The Hall–Kier alpha value is -0.830. The van der Waals surface area contributed by atoms with Crippen molar-refractivity contribution in [1.82, 2.24) is 10.2 Å². The van der Waals surface area contributed by atoms with Gasteiger partial charge in [0.05, 0.1) is 0 Å². The lowest BCUT2D eigenvalue weighted by molar-refractivity contribution is -0.143. The molecule has 3 aliphatic rings. The zero-order valence-corrected chi connectivity index (χ0v) is 10.4. The van der Waals surface area contributed by atoms with Crippen LogP contribution in [0.15, 0.2) is 12.7 Å². The van der Waals surface area contributed by atoms with E-state index in [9.17, 15) is 4.79 Å². The van der Waals surface area contributed by atoms with E-state index in [1.54, 1.807) is 0 Å². The number of hydrogen-bond acceptors (Lipinski definition) is 2. The Kier molecular flexibility index (Phi) is 2.95. The van der Waals surface area contributed by atoms with Crippen LogP contribution in [-0.2, 0) is 4.79 Å². The fourth-order valence-corrected chi connectivity index (χ4v) is 3.98. The van der Waals surface area contributed by atoms with Crippen molar-refractivity contribution in [2.24, 2.45) is 11.8 Å². The molecule has 17 heavy (non-hydrogen) atoms. The number of carbonyl (C=O) groups is 1. The third-order valence-corrected chi connectivity index (χ3v) is 4.82. The molecule has 0 aromatic carbocycles. The van der Waals surface area contributed by atoms with Crippen molar-refractivity contribution >= 4 is 5.91 Å². The summed E-state index contributed by atoms with van der Waals surface area (Å²) in [4.78, 5) is 14.2. The molecule has 94 valence electrons.